The molecule has 2 aromatic rings. The Morgan fingerprint density at radius 3 is 2.43 bits per heavy atom. The zero-order valence-electron chi connectivity index (χ0n) is 16.9. The van der Waals surface area contributed by atoms with Crippen LogP contribution in [0, 0.1) is 18.8 Å². The van der Waals surface area contributed by atoms with Gasteiger partial charge in [-0.1, -0.05) is 43.7 Å². The third-order valence-corrected chi connectivity index (χ3v) is 8.18. The molecule has 1 aliphatic heterocycles. The fraction of sp³-hybridized carbons (Fsp3) is 0.524. The summed E-state index contributed by atoms with van der Waals surface area (Å²) in [5, 5.41) is 1.52. The standard InChI is InChI=1S/C21H28N2O3S2/c1-14-5-7-18(8-6-14)20-22-19(12-27-20)13-28(25,26)17(4)21(24)23-10-15(2)9-16(3)11-23/h5-8,12,15-17H,9-11,13H2,1-4H3/t15-,16-,17+/m1/s1. The topological polar surface area (TPSA) is 67.3 Å². The van der Waals surface area contributed by atoms with Crippen LogP contribution in [0.4, 0.5) is 0 Å². The van der Waals surface area contributed by atoms with E-state index in [0.717, 1.165) is 22.6 Å². The van der Waals surface area contributed by atoms with E-state index < -0.39 is 15.1 Å². The molecule has 0 unspecified atom stereocenters. The average Bonchev–Trinajstić information content (AvgIpc) is 3.08. The zero-order valence-corrected chi connectivity index (χ0v) is 18.5. The van der Waals surface area contributed by atoms with E-state index in [1.807, 2.05) is 31.2 Å². The summed E-state index contributed by atoms with van der Waals surface area (Å²) in [7, 11) is -3.62. The summed E-state index contributed by atoms with van der Waals surface area (Å²) >= 11 is 1.43. The van der Waals surface area contributed by atoms with Crippen molar-refractivity contribution in [1.82, 2.24) is 9.88 Å². The number of hydrogen-bond acceptors (Lipinski definition) is 5. The highest BCUT2D eigenvalue weighted by Crippen LogP contribution is 2.26. The molecule has 1 aromatic heterocycles. The Kier molecular flexibility index (Phi) is 6.25. The first-order valence-electron chi connectivity index (χ1n) is 9.67. The smallest absolute Gasteiger partial charge is 0.240 e. The lowest BCUT2D eigenvalue weighted by Gasteiger charge is -2.36. The molecule has 0 spiro atoms. The second kappa shape index (κ2) is 8.33. The molecule has 5 nitrogen and oxygen atoms in total. The van der Waals surface area contributed by atoms with Gasteiger partial charge in [-0.2, -0.15) is 0 Å². The molecule has 152 valence electrons. The van der Waals surface area contributed by atoms with Crippen molar-refractivity contribution in [3.63, 3.8) is 0 Å². The molecule has 28 heavy (non-hydrogen) atoms. The first-order valence-corrected chi connectivity index (χ1v) is 12.3. The van der Waals surface area contributed by atoms with Crippen LogP contribution < -0.4 is 0 Å². The highest BCUT2D eigenvalue weighted by Gasteiger charge is 2.35. The summed E-state index contributed by atoms with van der Waals surface area (Å²) in [6, 6.07) is 7.98. The van der Waals surface area contributed by atoms with Crippen molar-refractivity contribution in [2.75, 3.05) is 13.1 Å². The molecule has 1 saturated heterocycles. The minimum absolute atomic E-state index is 0.207. The van der Waals surface area contributed by atoms with Crippen LogP contribution in [0.15, 0.2) is 29.6 Å². The third-order valence-electron chi connectivity index (χ3n) is 5.27. The van der Waals surface area contributed by atoms with E-state index >= 15 is 0 Å². The van der Waals surface area contributed by atoms with Gasteiger partial charge in [-0.3, -0.25) is 4.79 Å². The van der Waals surface area contributed by atoms with E-state index in [4.69, 9.17) is 0 Å². The molecule has 1 fully saturated rings. The van der Waals surface area contributed by atoms with E-state index in [2.05, 4.69) is 18.8 Å². The van der Waals surface area contributed by atoms with Crippen molar-refractivity contribution in [2.45, 2.75) is 45.1 Å². The summed E-state index contributed by atoms with van der Waals surface area (Å²) in [6.45, 7) is 9.02. The molecule has 3 atom stereocenters. The van der Waals surface area contributed by atoms with Crippen LogP contribution in [-0.4, -0.2) is 42.5 Å². The number of carbonyl (C=O) groups is 1. The molecule has 1 aromatic carbocycles. The molecule has 2 heterocycles. The van der Waals surface area contributed by atoms with Crippen molar-refractivity contribution in [3.05, 3.63) is 40.9 Å². The predicted octanol–water partition coefficient (Wildman–Crippen LogP) is 3.93. The fourth-order valence-electron chi connectivity index (χ4n) is 3.79. The van der Waals surface area contributed by atoms with Crippen molar-refractivity contribution < 1.29 is 13.2 Å². The second-order valence-corrected chi connectivity index (χ2v) is 11.3. The molecule has 0 radical (unpaired) electrons. The van der Waals surface area contributed by atoms with Gasteiger partial charge in [0.25, 0.3) is 0 Å². The van der Waals surface area contributed by atoms with Gasteiger partial charge in [0.15, 0.2) is 9.84 Å². The molecular weight excluding hydrogens is 392 g/mol. The monoisotopic (exact) mass is 420 g/mol. The van der Waals surface area contributed by atoms with Crippen molar-refractivity contribution in [2.24, 2.45) is 11.8 Å². The maximum atomic E-state index is 12.9. The van der Waals surface area contributed by atoms with Gasteiger partial charge < -0.3 is 4.90 Å². The summed E-state index contributed by atoms with van der Waals surface area (Å²) in [4.78, 5) is 19.0. The Morgan fingerprint density at radius 2 is 1.82 bits per heavy atom. The van der Waals surface area contributed by atoms with Crippen LogP contribution in [0.25, 0.3) is 10.6 Å². The highest BCUT2D eigenvalue weighted by molar-refractivity contribution is 7.92. The third kappa shape index (κ3) is 4.81. The van der Waals surface area contributed by atoms with Crippen LogP contribution >= 0.6 is 11.3 Å². The van der Waals surface area contributed by atoms with Gasteiger partial charge in [-0.05, 0) is 32.1 Å². The van der Waals surface area contributed by atoms with E-state index in [1.165, 1.54) is 18.3 Å². The van der Waals surface area contributed by atoms with Crippen LogP contribution in [-0.2, 0) is 20.4 Å². The quantitative estimate of drug-likeness (QED) is 0.735. The lowest BCUT2D eigenvalue weighted by atomic mass is 9.92. The summed E-state index contributed by atoms with van der Waals surface area (Å²) in [6.07, 6.45) is 1.07. The molecule has 1 amide bonds. The van der Waals surface area contributed by atoms with E-state index in [-0.39, 0.29) is 11.7 Å². The lowest BCUT2D eigenvalue weighted by molar-refractivity contribution is -0.133. The summed E-state index contributed by atoms with van der Waals surface area (Å²) in [5.74, 6) is 0.310. The normalized spacial score (nSPS) is 21.5. The number of likely N-dealkylation sites (tertiary alicyclic amines) is 1. The van der Waals surface area contributed by atoms with Crippen molar-refractivity contribution in [1.29, 1.82) is 0 Å². The number of piperidine rings is 1. The fourth-order valence-corrected chi connectivity index (χ4v) is 5.98. The Morgan fingerprint density at radius 1 is 1.21 bits per heavy atom. The SMILES string of the molecule is Cc1ccc(-c2nc(CS(=O)(=O)[C@@H](C)C(=O)N3C[C@H](C)C[C@@H](C)C3)cs2)cc1. The van der Waals surface area contributed by atoms with Crippen LogP contribution in [0.1, 0.15) is 38.4 Å². The summed E-state index contributed by atoms with van der Waals surface area (Å²) < 4.78 is 25.7. The van der Waals surface area contributed by atoms with E-state index in [1.54, 1.807) is 10.3 Å². The first-order chi connectivity index (χ1) is 13.2. The van der Waals surface area contributed by atoms with Crippen molar-refractivity contribution in [3.8, 4) is 10.6 Å². The molecular formula is C21H28N2O3S2. The number of hydrogen-bond donors (Lipinski definition) is 0. The number of rotatable bonds is 5. The Labute approximate surface area is 171 Å². The first kappa shape index (κ1) is 21.0. The number of amides is 1. The molecule has 0 saturated carbocycles. The molecule has 0 bridgehead atoms. The number of aryl methyl sites for hydroxylation is 1. The van der Waals surface area contributed by atoms with Crippen molar-refractivity contribution >= 4 is 27.1 Å². The van der Waals surface area contributed by atoms with Gasteiger partial charge in [0.05, 0.1) is 11.4 Å². The van der Waals surface area contributed by atoms with Crippen LogP contribution in [0.5, 0.6) is 0 Å². The van der Waals surface area contributed by atoms with E-state index in [0.29, 0.717) is 30.6 Å². The lowest BCUT2D eigenvalue weighted by Crippen LogP contribution is -2.48. The Balaban J connectivity index is 1.71. The maximum absolute atomic E-state index is 12.9. The minimum Gasteiger partial charge on any atom is -0.341 e. The molecule has 0 N–H and O–H groups in total. The zero-order chi connectivity index (χ0) is 20.5. The molecule has 3 rings (SSSR count). The van der Waals surface area contributed by atoms with Gasteiger partial charge in [-0.15, -0.1) is 11.3 Å². The van der Waals surface area contributed by atoms with Crippen LogP contribution in [0.2, 0.25) is 0 Å². The van der Waals surface area contributed by atoms with Gasteiger partial charge in [0.1, 0.15) is 10.3 Å². The van der Waals surface area contributed by atoms with Gasteiger partial charge in [-0.25, -0.2) is 13.4 Å². The minimum atomic E-state index is -3.62. The number of carbonyl (C=O) groups excluding carboxylic acids is 1. The Bertz CT molecular complexity index is 925. The molecule has 7 heteroatoms. The molecule has 0 aliphatic carbocycles. The van der Waals surface area contributed by atoms with E-state index in [9.17, 15) is 13.2 Å². The van der Waals surface area contributed by atoms with Crippen LogP contribution in [0.3, 0.4) is 0 Å². The second-order valence-electron chi connectivity index (χ2n) is 8.15. The number of nitrogens with zero attached hydrogens (tertiary/aromatic N) is 2. The largest absolute Gasteiger partial charge is 0.341 e. The van der Waals surface area contributed by atoms with Gasteiger partial charge >= 0.3 is 0 Å². The number of sulfone groups is 1. The Hall–Kier alpha value is -1.73. The predicted molar refractivity (Wildman–Crippen MR) is 114 cm³/mol. The van der Waals surface area contributed by atoms with Gasteiger partial charge in [0, 0.05) is 24.0 Å². The highest BCUT2D eigenvalue weighted by atomic mass is 32.2. The van der Waals surface area contributed by atoms with Gasteiger partial charge in [0.2, 0.25) is 5.91 Å². The number of benzene rings is 1. The number of aromatic nitrogens is 1. The summed E-state index contributed by atoms with van der Waals surface area (Å²) in [5.41, 5.74) is 2.64. The molecule has 1 aliphatic rings. The maximum Gasteiger partial charge on any atom is 0.240 e. The average molecular weight is 421 g/mol. The number of thiazole rings is 1.